The minimum absolute atomic E-state index is 0.266. The molecule has 1 aliphatic rings. The van der Waals surface area contributed by atoms with Crippen LogP contribution in [0.15, 0.2) is 0 Å². The highest BCUT2D eigenvalue weighted by molar-refractivity contribution is 5.75. The van der Waals surface area contributed by atoms with Crippen molar-refractivity contribution in [2.24, 2.45) is 0 Å². The van der Waals surface area contributed by atoms with Crippen LogP contribution in [0.25, 0.3) is 0 Å². The van der Waals surface area contributed by atoms with E-state index in [2.05, 4.69) is 4.74 Å². The lowest BCUT2D eigenvalue weighted by atomic mass is 10.4. The van der Waals surface area contributed by atoms with Crippen LogP contribution in [0.3, 0.4) is 0 Å². The van der Waals surface area contributed by atoms with Crippen molar-refractivity contribution in [3.63, 3.8) is 0 Å². The molecule has 0 aliphatic carbocycles. The number of cyclic esters (lactones) is 1. The fourth-order valence-corrected chi connectivity index (χ4v) is 0.630. The number of ether oxygens (including phenoxy) is 2. The Morgan fingerprint density at radius 2 is 2.12 bits per heavy atom. The second-order valence-corrected chi connectivity index (χ2v) is 1.78. The molecule has 0 amide bonds. The summed E-state index contributed by atoms with van der Waals surface area (Å²) in [6.45, 7) is 3.37. The topological polar surface area (TPSA) is 35.5 Å². The van der Waals surface area contributed by atoms with Crippen molar-refractivity contribution in [3.05, 3.63) is 0 Å². The zero-order chi connectivity index (χ0) is 6.15. The van der Waals surface area contributed by atoms with E-state index >= 15 is 0 Å². The lowest BCUT2D eigenvalue weighted by Crippen LogP contribution is -2.09. The van der Waals surface area contributed by atoms with Crippen LogP contribution in [0.5, 0.6) is 0 Å². The molecule has 0 saturated carbocycles. The third kappa shape index (κ3) is 0.816. The summed E-state index contributed by atoms with van der Waals surface area (Å²) >= 11 is 0. The number of rotatable bonds is 0. The van der Waals surface area contributed by atoms with Gasteiger partial charge in [-0.05, 0) is 13.8 Å². The van der Waals surface area contributed by atoms with Crippen molar-refractivity contribution >= 4 is 5.97 Å². The van der Waals surface area contributed by atoms with Gasteiger partial charge in [-0.3, -0.25) is 0 Å². The maximum atomic E-state index is 10.4. The van der Waals surface area contributed by atoms with Crippen LogP contribution in [-0.4, -0.2) is 18.4 Å². The maximum Gasteiger partial charge on any atom is 0.337 e. The largest absolute Gasteiger partial charge is 0.434 e. The van der Waals surface area contributed by atoms with Crippen molar-refractivity contribution in [1.29, 1.82) is 0 Å². The SMILES string of the molecule is CC1OC(=O)[C@@H](C)O1. The van der Waals surface area contributed by atoms with Gasteiger partial charge in [0.25, 0.3) is 0 Å². The summed E-state index contributed by atoms with van der Waals surface area (Å²) in [5, 5.41) is 0. The molecule has 1 saturated heterocycles. The Balaban J connectivity index is 2.51. The number of hydrogen-bond donors (Lipinski definition) is 0. The fraction of sp³-hybridized carbons (Fsp3) is 0.800. The second-order valence-electron chi connectivity index (χ2n) is 1.78. The molecule has 1 heterocycles. The molecule has 0 bridgehead atoms. The molecule has 46 valence electrons. The van der Waals surface area contributed by atoms with E-state index in [-0.39, 0.29) is 18.4 Å². The minimum Gasteiger partial charge on any atom is -0.434 e. The standard InChI is InChI=1S/C5H8O3/c1-3-5(6)8-4(2)7-3/h3-4H,1-2H3/t3-,4?/m1/s1. The summed E-state index contributed by atoms with van der Waals surface area (Å²) in [4.78, 5) is 10.4. The molecule has 0 radical (unpaired) electrons. The first-order valence-electron chi connectivity index (χ1n) is 2.56. The lowest BCUT2D eigenvalue weighted by Gasteiger charge is -1.96. The van der Waals surface area contributed by atoms with E-state index in [1.807, 2.05) is 0 Å². The van der Waals surface area contributed by atoms with Crippen LogP contribution in [0.2, 0.25) is 0 Å². The van der Waals surface area contributed by atoms with Crippen molar-refractivity contribution in [1.82, 2.24) is 0 Å². The Hall–Kier alpha value is -0.570. The first kappa shape index (κ1) is 5.56. The van der Waals surface area contributed by atoms with Gasteiger partial charge in [-0.2, -0.15) is 0 Å². The number of carbonyl (C=O) groups is 1. The summed E-state index contributed by atoms with van der Waals surface area (Å²) < 4.78 is 9.51. The van der Waals surface area contributed by atoms with Gasteiger partial charge in [-0.25, -0.2) is 4.79 Å². The van der Waals surface area contributed by atoms with Crippen LogP contribution in [0.1, 0.15) is 13.8 Å². The molecule has 0 aromatic carbocycles. The summed E-state index contributed by atoms with van der Waals surface area (Å²) in [5.41, 5.74) is 0. The van der Waals surface area contributed by atoms with E-state index in [0.29, 0.717) is 0 Å². The molecule has 0 aromatic heterocycles. The molecule has 1 unspecified atom stereocenters. The van der Waals surface area contributed by atoms with Crippen LogP contribution in [0, 0.1) is 0 Å². The lowest BCUT2D eigenvalue weighted by molar-refractivity contribution is -0.142. The smallest absolute Gasteiger partial charge is 0.337 e. The molecule has 3 nitrogen and oxygen atoms in total. The van der Waals surface area contributed by atoms with Crippen molar-refractivity contribution < 1.29 is 14.3 Å². The van der Waals surface area contributed by atoms with E-state index in [9.17, 15) is 4.79 Å². The summed E-state index contributed by atoms with van der Waals surface area (Å²) in [6.07, 6.45) is -0.720. The quantitative estimate of drug-likeness (QED) is 0.427. The van der Waals surface area contributed by atoms with Gasteiger partial charge in [-0.1, -0.05) is 0 Å². The average Bonchev–Trinajstić information content (AvgIpc) is 1.85. The molecule has 1 aliphatic heterocycles. The fourth-order valence-electron chi connectivity index (χ4n) is 0.630. The molecule has 1 rings (SSSR count). The molecule has 2 atom stereocenters. The van der Waals surface area contributed by atoms with E-state index in [0.717, 1.165) is 0 Å². The molecule has 1 fully saturated rings. The van der Waals surface area contributed by atoms with Crippen LogP contribution in [0.4, 0.5) is 0 Å². The normalized spacial score (nSPS) is 37.5. The second kappa shape index (κ2) is 1.74. The van der Waals surface area contributed by atoms with E-state index in [4.69, 9.17) is 4.74 Å². The molecule has 8 heavy (non-hydrogen) atoms. The van der Waals surface area contributed by atoms with Gasteiger partial charge < -0.3 is 9.47 Å². The number of esters is 1. The predicted molar refractivity (Wildman–Crippen MR) is 26.1 cm³/mol. The summed E-state index contributed by atoms with van der Waals surface area (Å²) in [6, 6.07) is 0. The van der Waals surface area contributed by atoms with Crippen LogP contribution in [-0.2, 0) is 14.3 Å². The molecule has 0 N–H and O–H groups in total. The van der Waals surface area contributed by atoms with Crippen LogP contribution >= 0.6 is 0 Å². The van der Waals surface area contributed by atoms with Gasteiger partial charge >= 0.3 is 5.97 Å². The molecule has 3 heteroatoms. The first-order valence-corrected chi connectivity index (χ1v) is 2.56. The number of carbonyl (C=O) groups excluding carboxylic acids is 1. The zero-order valence-corrected chi connectivity index (χ0v) is 4.88. The Morgan fingerprint density at radius 3 is 2.25 bits per heavy atom. The number of hydrogen-bond acceptors (Lipinski definition) is 3. The Kier molecular flexibility index (Phi) is 1.21. The molecular weight excluding hydrogens is 108 g/mol. The minimum atomic E-state index is -0.370. The van der Waals surface area contributed by atoms with Crippen LogP contribution < -0.4 is 0 Å². The zero-order valence-electron chi connectivity index (χ0n) is 4.88. The Morgan fingerprint density at radius 1 is 1.50 bits per heavy atom. The van der Waals surface area contributed by atoms with Gasteiger partial charge in [0.2, 0.25) is 6.29 Å². The summed E-state index contributed by atoms with van der Waals surface area (Å²) in [5.74, 6) is -0.266. The predicted octanol–water partition coefficient (Wildman–Crippen LogP) is 0.294. The van der Waals surface area contributed by atoms with E-state index < -0.39 is 0 Å². The third-order valence-corrected chi connectivity index (χ3v) is 1.01. The monoisotopic (exact) mass is 116 g/mol. The summed E-state index contributed by atoms with van der Waals surface area (Å²) in [7, 11) is 0. The highest BCUT2D eigenvalue weighted by Crippen LogP contribution is 2.10. The van der Waals surface area contributed by atoms with Crippen molar-refractivity contribution in [3.8, 4) is 0 Å². The van der Waals surface area contributed by atoms with Crippen molar-refractivity contribution in [2.75, 3.05) is 0 Å². The van der Waals surface area contributed by atoms with Gasteiger partial charge in [0.05, 0.1) is 0 Å². The highest BCUT2D eigenvalue weighted by atomic mass is 16.7. The first-order chi connectivity index (χ1) is 3.70. The van der Waals surface area contributed by atoms with Gasteiger partial charge in [-0.15, -0.1) is 0 Å². The third-order valence-electron chi connectivity index (χ3n) is 1.01. The molecule has 0 aromatic rings. The van der Waals surface area contributed by atoms with Crippen molar-refractivity contribution in [2.45, 2.75) is 26.2 Å². The molecule has 0 spiro atoms. The van der Waals surface area contributed by atoms with Gasteiger partial charge in [0.15, 0.2) is 6.10 Å². The maximum absolute atomic E-state index is 10.4. The average molecular weight is 116 g/mol. The van der Waals surface area contributed by atoms with E-state index in [1.54, 1.807) is 13.8 Å². The Labute approximate surface area is 47.6 Å². The van der Waals surface area contributed by atoms with E-state index in [1.165, 1.54) is 0 Å². The van der Waals surface area contributed by atoms with Gasteiger partial charge in [0.1, 0.15) is 0 Å². The molecular formula is C5H8O3. The van der Waals surface area contributed by atoms with Gasteiger partial charge in [0, 0.05) is 0 Å². The Bertz CT molecular complexity index is 110. The highest BCUT2D eigenvalue weighted by Gasteiger charge is 2.27.